The molecule has 0 aromatic carbocycles. The van der Waals surface area contributed by atoms with Crippen molar-refractivity contribution in [3.63, 3.8) is 0 Å². The minimum atomic E-state index is -0.443. The fourth-order valence-electron chi connectivity index (χ4n) is 0.983. The number of ketones is 1. The molecular weight excluding hydrogens is 245 g/mol. The van der Waals surface area contributed by atoms with E-state index >= 15 is 0 Å². The summed E-state index contributed by atoms with van der Waals surface area (Å²) < 4.78 is 0. The Morgan fingerprint density at radius 1 is 1.35 bits per heavy atom. The number of hydrogen-bond acceptors (Lipinski definition) is 5. The molecule has 0 atom stereocenters. The number of carbonyl (C=O) groups excluding carboxylic acids is 1. The van der Waals surface area contributed by atoms with Gasteiger partial charge in [-0.05, 0) is 19.8 Å². The van der Waals surface area contributed by atoms with Gasteiger partial charge in [-0.25, -0.2) is 5.84 Å². The van der Waals surface area contributed by atoms with Gasteiger partial charge in [0.05, 0.1) is 0 Å². The number of hydrazine groups is 1. The maximum Gasteiger partial charge on any atom is 1.00 e. The van der Waals surface area contributed by atoms with Crippen LogP contribution in [0.3, 0.4) is 0 Å². The number of carbonyl (C=O) groups is 1. The SMILES string of the molecule is CC.CC(=O)CCCCN(N)/C=C(\N)C[O-].[K+]. The molecule has 0 aliphatic heterocycles. The molecule has 0 heterocycles. The largest absolute Gasteiger partial charge is 1.00 e. The van der Waals surface area contributed by atoms with Crippen LogP contribution in [-0.4, -0.2) is 23.9 Å². The number of rotatable bonds is 7. The molecular formula is C11H24KN3O2. The fourth-order valence-corrected chi connectivity index (χ4v) is 0.983. The summed E-state index contributed by atoms with van der Waals surface area (Å²) in [5.74, 6) is 5.70. The minimum absolute atomic E-state index is 0. The Morgan fingerprint density at radius 2 is 1.88 bits per heavy atom. The van der Waals surface area contributed by atoms with Gasteiger partial charge < -0.3 is 20.6 Å². The number of hydrogen-bond donors (Lipinski definition) is 2. The average Bonchev–Trinajstić information content (AvgIpc) is 2.26. The molecule has 0 fully saturated rings. The molecule has 0 saturated carbocycles. The first-order valence-electron chi connectivity index (χ1n) is 5.61. The molecule has 0 amide bonds. The van der Waals surface area contributed by atoms with Gasteiger partial charge in [0.2, 0.25) is 0 Å². The Hall–Kier alpha value is 0.566. The summed E-state index contributed by atoms with van der Waals surface area (Å²) in [5, 5.41) is 11.6. The zero-order valence-corrected chi connectivity index (χ0v) is 14.7. The van der Waals surface area contributed by atoms with Crippen LogP contribution in [0.1, 0.15) is 40.0 Å². The second-order valence-corrected chi connectivity index (χ2v) is 3.25. The summed E-state index contributed by atoms with van der Waals surface area (Å²) in [6.07, 6.45) is 3.64. The predicted molar refractivity (Wildman–Crippen MR) is 63.9 cm³/mol. The van der Waals surface area contributed by atoms with E-state index in [1.165, 1.54) is 11.2 Å². The molecule has 0 unspecified atom stereocenters. The third-order valence-electron chi connectivity index (χ3n) is 1.69. The minimum Gasteiger partial charge on any atom is -0.850 e. The Kier molecular flexibility index (Phi) is 22.1. The second kappa shape index (κ2) is 16.6. The quantitative estimate of drug-likeness (QED) is 0.224. The normalized spacial score (nSPS) is 9.82. The van der Waals surface area contributed by atoms with E-state index in [1.807, 2.05) is 13.8 Å². The molecule has 6 heteroatoms. The Morgan fingerprint density at radius 3 is 2.29 bits per heavy atom. The molecule has 0 saturated heterocycles. The molecule has 0 spiro atoms. The van der Waals surface area contributed by atoms with Crippen molar-refractivity contribution in [2.45, 2.75) is 40.0 Å². The molecule has 0 radical (unpaired) electrons. The number of nitrogens with two attached hydrogens (primary N) is 2. The van der Waals surface area contributed by atoms with E-state index in [2.05, 4.69) is 0 Å². The van der Waals surface area contributed by atoms with Gasteiger partial charge in [-0.1, -0.05) is 20.5 Å². The Bertz CT molecular complexity index is 211. The number of nitrogens with zero attached hydrogens (tertiary/aromatic N) is 1. The van der Waals surface area contributed by atoms with Crippen LogP contribution < -0.4 is 68.1 Å². The van der Waals surface area contributed by atoms with Crippen molar-refractivity contribution in [1.82, 2.24) is 5.01 Å². The van der Waals surface area contributed by atoms with Crippen molar-refractivity contribution in [2.75, 3.05) is 13.2 Å². The van der Waals surface area contributed by atoms with Gasteiger partial charge in [0.25, 0.3) is 0 Å². The smallest absolute Gasteiger partial charge is 0.850 e. The van der Waals surface area contributed by atoms with Crippen molar-refractivity contribution in [2.24, 2.45) is 11.6 Å². The van der Waals surface area contributed by atoms with E-state index < -0.39 is 6.61 Å². The third-order valence-corrected chi connectivity index (χ3v) is 1.69. The molecule has 0 aromatic heterocycles. The van der Waals surface area contributed by atoms with Crippen LogP contribution in [0.15, 0.2) is 11.9 Å². The van der Waals surface area contributed by atoms with E-state index in [-0.39, 0.29) is 62.9 Å². The maximum atomic E-state index is 10.6. The van der Waals surface area contributed by atoms with Crippen LogP contribution in [0.4, 0.5) is 0 Å². The van der Waals surface area contributed by atoms with Gasteiger partial charge >= 0.3 is 51.4 Å². The predicted octanol–water partition coefficient (Wildman–Crippen LogP) is -2.89. The van der Waals surface area contributed by atoms with E-state index in [1.54, 1.807) is 6.92 Å². The van der Waals surface area contributed by atoms with E-state index in [9.17, 15) is 9.90 Å². The number of Topliss-reactive ketones (excluding diaryl/α,β-unsaturated/α-hetero) is 1. The molecule has 0 aliphatic rings. The van der Waals surface area contributed by atoms with Crippen LogP contribution in [-0.2, 0) is 4.79 Å². The Balaban J connectivity index is -0.000000616. The number of unbranched alkanes of at least 4 members (excludes halogenated alkanes) is 1. The summed E-state index contributed by atoms with van der Waals surface area (Å²) in [7, 11) is 0. The first kappa shape index (κ1) is 22.7. The molecule has 0 aliphatic carbocycles. The van der Waals surface area contributed by atoms with Crippen LogP contribution >= 0.6 is 0 Å². The molecule has 17 heavy (non-hydrogen) atoms. The standard InChI is InChI=1S/C9H18N3O2.C2H6.K/c1-8(14)4-2-3-5-12(11)6-9(10)7-13;1-2;/h6H,2-5,7,10-11H2,1H3;1-2H3;/q-1;;+1/b9-6-;;. The second-order valence-electron chi connectivity index (χ2n) is 3.25. The average molecular weight is 269 g/mol. The summed E-state index contributed by atoms with van der Waals surface area (Å²) in [6, 6.07) is 0. The summed E-state index contributed by atoms with van der Waals surface area (Å²) in [5.41, 5.74) is 5.52. The van der Waals surface area contributed by atoms with Crippen LogP contribution in [0.2, 0.25) is 0 Å². The van der Waals surface area contributed by atoms with Gasteiger partial charge in [0.1, 0.15) is 5.78 Å². The van der Waals surface area contributed by atoms with Gasteiger partial charge in [-0.2, -0.15) is 0 Å². The van der Waals surface area contributed by atoms with Crippen molar-refractivity contribution >= 4 is 5.78 Å². The van der Waals surface area contributed by atoms with E-state index in [0.29, 0.717) is 13.0 Å². The first-order chi connectivity index (χ1) is 7.56. The first-order valence-corrected chi connectivity index (χ1v) is 5.61. The molecule has 0 aromatic rings. The topological polar surface area (TPSA) is 95.4 Å². The van der Waals surface area contributed by atoms with Crippen molar-refractivity contribution < 1.29 is 61.3 Å². The molecule has 5 nitrogen and oxygen atoms in total. The van der Waals surface area contributed by atoms with E-state index in [0.717, 1.165) is 12.8 Å². The zero-order chi connectivity index (χ0) is 13.0. The van der Waals surface area contributed by atoms with Crippen molar-refractivity contribution in [3.05, 3.63) is 11.9 Å². The van der Waals surface area contributed by atoms with Crippen LogP contribution in [0.5, 0.6) is 0 Å². The Labute approximate surface area is 147 Å². The van der Waals surface area contributed by atoms with Gasteiger partial charge in [-0.3, -0.25) is 0 Å². The van der Waals surface area contributed by atoms with E-state index in [4.69, 9.17) is 11.6 Å². The van der Waals surface area contributed by atoms with Crippen LogP contribution in [0, 0.1) is 0 Å². The monoisotopic (exact) mass is 269 g/mol. The van der Waals surface area contributed by atoms with Gasteiger partial charge in [-0.15, -0.1) is 0 Å². The zero-order valence-electron chi connectivity index (χ0n) is 11.5. The molecule has 0 bridgehead atoms. The van der Waals surface area contributed by atoms with Crippen molar-refractivity contribution in [1.29, 1.82) is 0 Å². The summed E-state index contributed by atoms with van der Waals surface area (Å²) in [6.45, 7) is 5.73. The molecule has 96 valence electrons. The third kappa shape index (κ3) is 19.1. The maximum absolute atomic E-state index is 10.6. The van der Waals surface area contributed by atoms with Crippen LogP contribution in [0.25, 0.3) is 0 Å². The summed E-state index contributed by atoms with van der Waals surface area (Å²) >= 11 is 0. The molecule has 4 N–H and O–H groups in total. The fraction of sp³-hybridized carbons (Fsp3) is 0.727. The van der Waals surface area contributed by atoms with Crippen molar-refractivity contribution in [3.8, 4) is 0 Å². The van der Waals surface area contributed by atoms with Gasteiger partial charge in [0, 0.05) is 24.9 Å². The summed E-state index contributed by atoms with van der Waals surface area (Å²) in [4.78, 5) is 10.6. The molecule has 0 rings (SSSR count). The van der Waals surface area contributed by atoms with Gasteiger partial charge in [0.15, 0.2) is 0 Å².